The van der Waals surface area contributed by atoms with Crippen molar-refractivity contribution in [2.75, 3.05) is 60.5 Å². The van der Waals surface area contributed by atoms with Gasteiger partial charge in [-0.3, -0.25) is 4.90 Å². The van der Waals surface area contributed by atoms with Gasteiger partial charge in [-0.1, -0.05) is 42.5 Å². The molecule has 7 heteroatoms. The number of ether oxygens (including phenoxy) is 1. The minimum Gasteiger partial charge on any atom is -0.374 e. The second-order valence-corrected chi connectivity index (χ2v) is 10.4. The molecule has 2 aromatic heterocycles. The molecule has 1 saturated heterocycles. The van der Waals surface area contributed by atoms with Crippen molar-refractivity contribution in [3.05, 3.63) is 59.9 Å². The molecule has 3 heterocycles. The maximum atomic E-state index is 5.85. The van der Waals surface area contributed by atoms with Crippen LogP contribution in [0.4, 0.5) is 0 Å². The highest BCUT2D eigenvalue weighted by Crippen LogP contribution is 2.33. The molecule has 0 N–H and O–H groups in total. The number of aromatic nitrogens is 3. The van der Waals surface area contributed by atoms with E-state index >= 15 is 0 Å². The van der Waals surface area contributed by atoms with E-state index in [2.05, 4.69) is 88.9 Å². The Labute approximate surface area is 220 Å². The minimum atomic E-state index is 0.505. The highest BCUT2D eigenvalue weighted by Gasteiger charge is 2.20. The number of rotatable bonds is 10. The zero-order valence-corrected chi connectivity index (χ0v) is 22.8. The Kier molecular flexibility index (Phi) is 8.15. The molecule has 37 heavy (non-hydrogen) atoms. The number of hydrogen-bond acceptors (Lipinski definition) is 6. The Morgan fingerprint density at radius 2 is 1.70 bits per heavy atom. The molecule has 2 aromatic carbocycles. The lowest BCUT2D eigenvalue weighted by molar-refractivity contribution is 0.126. The molecule has 0 spiro atoms. The molecular weight excluding hydrogens is 460 g/mol. The monoisotopic (exact) mass is 500 g/mol. The molecule has 4 aromatic rings. The fourth-order valence-corrected chi connectivity index (χ4v) is 5.21. The summed E-state index contributed by atoms with van der Waals surface area (Å²) in [6, 6.07) is 17.4. The number of imidazole rings is 1. The molecule has 1 aliphatic heterocycles. The van der Waals surface area contributed by atoms with Gasteiger partial charge in [-0.05, 0) is 52.7 Å². The molecule has 5 rings (SSSR count). The van der Waals surface area contributed by atoms with Crippen LogP contribution < -0.4 is 0 Å². The van der Waals surface area contributed by atoms with Crippen LogP contribution in [0.5, 0.6) is 0 Å². The van der Waals surface area contributed by atoms with Gasteiger partial charge in [-0.2, -0.15) is 0 Å². The Balaban J connectivity index is 1.54. The van der Waals surface area contributed by atoms with Gasteiger partial charge in [0.05, 0.1) is 16.7 Å². The largest absolute Gasteiger partial charge is 0.374 e. The van der Waals surface area contributed by atoms with E-state index in [1.165, 1.54) is 5.56 Å². The SMILES string of the molecule is CCOCc1nc2c(-c3ccc(CN4CCN(C)CC4)cc3)nc3ccccc3c2n1CCCN(C)C. The Bertz CT molecular complexity index is 1320. The third kappa shape index (κ3) is 5.85. The highest BCUT2D eigenvalue weighted by molar-refractivity contribution is 6.07. The second-order valence-electron chi connectivity index (χ2n) is 10.4. The Morgan fingerprint density at radius 1 is 0.946 bits per heavy atom. The Morgan fingerprint density at radius 3 is 2.43 bits per heavy atom. The van der Waals surface area contributed by atoms with Crippen molar-refractivity contribution in [2.45, 2.75) is 33.0 Å². The summed E-state index contributed by atoms with van der Waals surface area (Å²) in [7, 11) is 6.45. The molecule has 0 radical (unpaired) electrons. The molecule has 0 aliphatic carbocycles. The van der Waals surface area contributed by atoms with Gasteiger partial charge in [0.1, 0.15) is 17.9 Å². The van der Waals surface area contributed by atoms with Crippen LogP contribution in [0.1, 0.15) is 24.7 Å². The zero-order valence-electron chi connectivity index (χ0n) is 22.8. The van der Waals surface area contributed by atoms with Gasteiger partial charge in [0, 0.05) is 56.8 Å². The van der Waals surface area contributed by atoms with Crippen molar-refractivity contribution in [1.29, 1.82) is 0 Å². The first-order valence-corrected chi connectivity index (χ1v) is 13.5. The molecule has 0 amide bonds. The van der Waals surface area contributed by atoms with Crippen LogP contribution in [0.15, 0.2) is 48.5 Å². The van der Waals surface area contributed by atoms with E-state index in [1.54, 1.807) is 0 Å². The van der Waals surface area contributed by atoms with Crippen LogP contribution in [0, 0.1) is 0 Å². The van der Waals surface area contributed by atoms with E-state index in [1.807, 2.05) is 6.92 Å². The average molecular weight is 501 g/mol. The summed E-state index contributed by atoms with van der Waals surface area (Å²) < 4.78 is 8.21. The number of piperazine rings is 1. The fraction of sp³-hybridized carbons (Fsp3) is 0.467. The minimum absolute atomic E-state index is 0.505. The van der Waals surface area contributed by atoms with Gasteiger partial charge >= 0.3 is 0 Å². The molecule has 7 nitrogen and oxygen atoms in total. The van der Waals surface area contributed by atoms with Gasteiger partial charge in [0.25, 0.3) is 0 Å². The Hall–Kier alpha value is -2.84. The summed E-state index contributed by atoms with van der Waals surface area (Å²) in [6.45, 7) is 10.6. The molecule has 196 valence electrons. The summed E-state index contributed by atoms with van der Waals surface area (Å²) in [5.41, 5.74) is 6.53. The van der Waals surface area contributed by atoms with Gasteiger partial charge in [-0.25, -0.2) is 9.97 Å². The lowest BCUT2D eigenvalue weighted by Crippen LogP contribution is -2.43. The number of nitrogens with zero attached hydrogens (tertiary/aromatic N) is 6. The number of aryl methyl sites for hydroxylation is 1. The normalized spacial score (nSPS) is 15.4. The van der Waals surface area contributed by atoms with E-state index in [9.17, 15) is 0 Å². The second kappa shape index (κ2) is 11.7. The summed E-state index contributed by atoms with van der Waals surface area (Å²) in [5.74, 6) is 0.974. The summed E-state index contributed by atoms with van der Waals surface area (Å²) in [6.07, 6.45) is 1.05. The molecule has 0 unspecified atom stereocenters. The van der Waals surface area contributed by atoms with Gasteiger partial charge in [-0.15, -0.1) is 0 Å². The maximum absolute atomic E-state index is 5.85. The number of likely N-dealkylation sites (N-methyl/N-ethyl adjacent to an activating group) is 1. The first-order valence-electron chi connectivity index (χ1n) is 13.5. The smallest absolute Gasteiger partial charge is 0.136 e. The van der Waals surface area contributed by atoms with Crippen LogP contribution in [0.2, 0.25) is 0 Å². The van der Waals surface area contributed by atoms with Crippen molar-refractivity contribution in [3.63, 3.8) is 0 Å². The van der Waals surface area contributed by atoms with Crippen molar-refractivity contribution < 1.29 is 4.74 Å². The quantitative estimate of drug-likeness (QED) is 0.320. The van der Waals surface area contributed by atoms with Crippen LogP contribution in [-0.2, 0) is 24.4 Å². The van der Waals surface area contributed by atoms with E-state index < -0.39 is 0 Å². The topological polar surface area (TPSA) is 49.7 Å². The van der Waals surface area contributed by atoms with Crippen LogP contribution >= 0.6 is 0 Å². The van der Waals surface area contributed by atoms with Crippen LogP contribution in [0.25, 0.3) is 33.2 Å². The van der Waals surface area contributed by atoms with E-state index in [4.69, 9.17) is 14.7 Å². The molecule has 1 fully saturated rings. The lowest BCUT2D eigenvalue weighted by atomic mass is 10.0. The number of benzene rings is 2. The first kappa shape index (κ1) is 25.8. The number of para-hydroxylation sites is 1. The molecule has 0 bridgehead atoms. The molecule has 0 saturated carbocycles. The molecule has 0 atom stereocenters. The van der Waals surface area contributed by atoms with E-state index in [0.717, 1.165) is 91.3 Å². The van der Waals surface area contributed by atoms with Crippen molar-refractivity contribution in [2.24, 2.45) is 0 Å². The average Bonchev–Trinajstić information content (AvgIpc) is 3.27. The summed E-state index contributed by atoms with van der Waals surface area (Å²) in [4.78, 5) is 17.4. The number of hydrogen-bond donors (Lipinski definition) is 0. The van der Waals surface area contributed by atoms with Gasteiger partial charge in [0.15, 0.2) is 0 Å². The predicted octanol–water partition coefficient (Wildman–Crippen LogP) is 4.49. The fourth-order valence-electron chi connectivity index (χ4n) is 5.21. The third-order valence-electron chi connectivity index (χ3n) is 7.31. The standard InChI is InChI=1S/C30H40N6O/c1-5-37-22-27-32-29-28(24-13-11-23(12-14-24)21-35-19-17-34(4)18-20-35)31-26-10-7-6-9-25(26)30(29)36(27)16-8-15-33(2)3/h6-7,9-14H,5,8,15-22H2,1-4H3. The third-order valence-corrected chi connectivity index (χ3v) is 7.31. The van der Waals surface area contributed by atoms with Crippen LogP contribution in [-0.4, -0.2) is 89.7 Å². The van der Waals surface area contributed by atoms with Crippen molar-refractivity contribution in [1.82, 2.24) is 29.2 Å². The molecule has 1 aliphatic rings. The van der Waals surface area contributed by atoms with Crippen molar-refractivity contribution in [3.8, 4) is 11.3 Å². The number of fused-ring (bicyclic) bond motifs is 3. The van der Waals surface area contributed by atoms with Crippen molar-refractivity contribution >= 4 is 21.9 Å². The lowest BCUT2D eigenvalue weighted by Gasteiger charge is -2.32. The van der Waals surface area contributed by atoms with E-state index in [0.29, 0.717) is 13.2 Å². The van der Waals surface area contributed by atoms with Gasteiger partial charge in [0.2, 0.25) is 0 Å². The van der Waals surface area contributed by atoms with E-state index in [-0.39, 0.29) is 0 Å². The molecular formula is C30H40N6O. The summed E-state index contributed by atoms with van der Waals surface area (Å²) in [5, 5.41) is 1.15. The maximum Gasteiger partial charge on any atom is 0.136 e. The predicted molar refractivity (Wildman–Crippen MR) is 152 cm³/mol. The van der Waals surface area contributed by atoms with Gasteiger partial charge < -0.3 is 19.1 Å². The zero-order chi connectivity index (χ0) is 25.8. The van der Waals surface area contributed by atoms with Crippen LogP contribution in [0.3, 0.4) is 0 Å². The first-order chi connectivity index (χ1) is 18.0. The highest BCUT2D eigenvalue weighted by atomic mass is 16.5. The summed E-state index contributed by atoms with van der Waals surface area (Å²) >= 11 is 0. The number of pyridine rings is 1.